The van der Waals surface area contributed by atoms with Gasteiger partial charge in [0.2, 0.25) is 17.1 Å². The van der Waals surface area contributed by atoms with E-state index in [4.69, 9.17) is 17.3 Å². The minimum Gasteiger partial charge on any atom is -0.369 e. The van der Waals surface area contributed by atoms with Gasteiger partial charge >= 0.3 is 0 Å². The number of carbonyl (C=O) groups is 1. The number of hydrogen-bond donors (Lipinski definition) is 2. The topological polar surface area (TPSA) is 112 Å². The van der Waals surface area contributed by atoms with E-state index in [1.807, 2.05) is 0 Å². The van der Waals surface area contributed by atoms with Crippen molar-refractivity contribution in [1.29, 1.82) is 0 Å². The summed E-state index contributed by atoms with van der Waals surface area (Å²) in [7, 11) is 0. The molecule has 0 bridgehead atoms. The van der Waals surface area contributed by atoms with E-state index in [9.17, 15) is 4.79 Å². The molecule has 20 heavy (non-hydrogen) atoms. The second-order valence-electron chi connectivity index (χ2n) is 4.78. The standard InChI is InChI=1S/C11H14ClN7O/c1-11(2,7(13)20)6-14-9-16-8(12)17-10(18-9)19-5-3-4-15-19/h3-5H,6H2,1-2H3,(H2,13,20)(H,14,16,17,18). The highest BCUT2D eigenvalue weighted by molar-refractivity contribution is 6.28. The third-order valence-electron chi connectivity index (χ3n) is 2.66. The van der Waals surface area contributed by atoms with E-state index in [0.29, 0.717) is 0 Å². The van der Waals surface area contributed by atoms with Crippen molar-refractivity contribution < 1.29 is 4.79 Å². The Morgan fingerprint density at radius 3 is 2.80 bits per heavy atom. The highest BCUT2D eigenvalue weighted by Crippen LogP contribution is 2.15. The number of primary amides is 1. The molecule has 0 aliphatic rings. The quantitative estimate of drug-likeness (QED) is 0.837. The van der Waals surface area contributed by atoms with E-state index in [-0.39, 0.29) is 23.7 Å². The van der Waals surface area contributed by atoms with Crippen LogP contribution in [0.4, 0.5) is 5.95 Å². The minimum atomic E-state index is -0.731. The molecule has 0 aliphatic heterocycles. The van der Waals surface area contributed by atoms with Crippen LogP contribution in [-0.4, -0.2) is 37.2 Å². The fourth-order valence-corrected chi connectivity index (χ4v) is 1.45. The first-order valence-electron chi connectivity index (χ1n) is 5.84. The van der Waals surface area contributed by atoms with Crippen LogP contribution in [-0.2, 0) is 4.79 Å². The second-order valence-corrected chi connectivity index (χ2v) is 5.12. The van der Waals surface area contributed by atoms with E-state index in [2.05, 4.69) is 25.4 Å². The van der Waals surface area contributed by atoms with Crippen molar-refractivity contribution in [3.05, 3.63) is 23.7 Å². The van der Waals surface area contributed by atoms with Gasteiger partial charge in [0.25, 0.3) is 5.95 Å². The Balaban J connectivity index is 2.19. The molecule has 0 saturated carbocycles. The number of nitrogens with two attached hydrogens (primary N) is 1. The first kappa shape index (κ1) is 14.2. The summed E-state index contributed by atoms with van der Waals surface area (Å²) in [5.74, 6) is 0.122. The maximum absolute atomic E-state index is 11.3. The van der Waals surface area contributed by atoms with Crippen molar-refractivity contribution in [2.24, 2.45) is 11.1 Å². The predicted octanol–water partition coefficient (Wildman–Crippen LogP) is 0.634. The normalized spacial score (nSPS) is 11.3. The summed E-state index contributed by atoms with van der Waals surface area (Å²) in [5, 5.41) is 6.96. The molecule has 2 aromatic heterocycles. The monoisotopic (exact) mass is 295 g/mol. The summed E-state index contributed by atoms with van der Waals surface area (Å²) in [5.41, 5.74) is 4.57. The van der Waals surface area contributed by atoms with Crippen LogP contribution in [0.15, 0.2) is 18.5 Å². The lowest BCUT2D eigenvalue weighted by Gasteiger charge is -2.20. The molecule has 2 aromatic rings. The number of rotatable bonds is 5. The van der Waals surface area contributed by atoms with Crippen LogP contribution in [0.25, 0.3) is 5.95 Å². The molecule has 0 radical (unpaired) electrons. The fourth-order valence-electron chi connectivity index (χ4n) is 1.30. The maximum Gasteiger partial charge on any atom is 0.256 e. The highest BCUT2D eigenvalue weighted by atomic mass is 35.5. The van der Waals surface area contributed by atoms with Gasteiger partial charge in [-0.25, -0.2) is 4.68 Å². The Kier molecular flexibility index (Phi) is 3.84. The summed E-state index contributed by atoms with van der Waals surface area (Å²) < 4.78 is 1.46. The van der Waals surface area contributed by atoms with Crippen LogP contribution in [0, 0.1) is 5.41 Å². The average molecular weight is 296 g/mol. The molecule has 8 nitrogen and oxygen atoms in total. The maximum atomic E-state index is 11.3. The lowest BCUT2D eigenvalue weighted by atomic mass is 9.93. The number of nitrogens with one attached hydrogen (secondary N) is 1. The molecule has 0 spiro atoms. The number of nitrogens with zero attached hydrogens (tertiary/aromatic N) is 5. The van der Waals surface area contributed by atoms with Gasteiger partial charge in [-0.2, -0.15) is 20.1 Å². The summed E-state index contributed by atoms with van der Waals surface area (Å²) >= 11 is 5.84. The Bertz CT molecular complexity index is 611. The van der Waals surface area contributed by atoms with Crippen LogP contribution < -0.4 is 11.1 Å². The number of anilines is 1. The lowest BCUT2D eigenvalue weighted by Crippen LogP contribution is -2.37. The lowest BCUT2D eigenvalue weighted by molar-refractivity contribution is -0.125. The first-order valence-corrected chi connectivity index (χ1v) is 6.22. The summed E-state index contributed by atoms with van der Waals surface area (Å²) in [6.45, 7) is 3.72. The molecule has 9 heteroatoms. The van der Waals surface area contributed by atoms with Crippen molar-refractivity contribution in [2.45, 2.75) is 13.8 Å². The smallest absolute Gasteiger partial charge is 0.256 e. The molecular weight excluding hydrogens is 282 g/mol. The molecule has 0 saturated heterocycles. The Morgan fingerprint density at radius 1 is 1.45 bits per heavy atom. The zero-order valence-electron chi connectivity index (χ0n) is 11.0. The van der Waals surface area contributed by atoms with Gasteiger partial charge in [-0.15, -0.1) is 0 Å². The molecular formula is C11H14ClN7O. The number of amides is 1. The largest absolute Gasteiger partial charge is 0.369 e. The Morgan fingerprint density at radius 2 is 2.20 bits per heavy atom. The summed E-state index contributed by atoms with van der Waals surface area (Å²) in [6, 6.07) is 1.74. The van der Waals surface area contributed by atoms with Gasteiger partial charge in [0.05, 0.1) is 5.41 Å². The van der Waals surface area contributed by atoms with Crippen molar-refractivity contribution in [1.82, 2.24) is 24.7 Å². The fraction of sp³-hybridized carbons (Fsp3) is 0.364. The van der Waals surface area contributed by atoms with Crippen molar-refractivity contribution in [2.75, 3.05) is 11.9 Å². The van der Waals surface area contributed by atoms with Crippen LogP contribution in [0.5, 0.6) is 0 Å². The molecule has 0 fully saturated rings. The molecule has 106 valence electrons. The summed E-state index contributed by atoms with van der Waals surface area (Å²) in [6.07, 6.45) is 3.28. The Hall–Kier alpha value is -2.22. The molecule has 3 N–H and O–H groups in total. The van der Waals surface area contributed by atoms with Crippen LogP contribution >= 0.6 is 11.6 Å². The van der Waals surface area contributed by atoms with E-state index < -0.39 is 11.3 Å². The molecule has 1 amide bonds. The van der Waals surface area contributed by atoms with Gasteiger partial charge in [0.15, 0.2) is 0 Å². The Labute approximate surface area is 120 Å². The number of halogens is 1. The van der Waals surface area contributed by atoms with Gasteiger partial charge in [0, 0.05) is 18.9 Å². The zero-order valence-corrected chi connectivity index (χ0v) is 11.8. The van der Waals surface area contributed by atoms with Gasteiger partial charge in [-0.3, -0.25) is 4.79 Å². The van der Waals surface area contributed by atoms with E-state index in [1.165, 1.54) is 4.68 Å². The van der Waals surface area contributed by atoms with Crippen LogP contribution in [0.3, 0.4) is 0 Å². The van der Waals surface area contributed by atoms with Gasteiger partial charge in [-0.1, -0.05) is 0 Å². The van der Waals surface area contributed by atoms with Gasteiger partial charge in [0.1, 0.15) is 0 Å². The van der Waals surface area contributed by atoms with E-state index in [0.717, 1.165) is 0 Å². The van der Waals surface area contributed by atoms with E-state index in [1.54, 1.807) is 32.3 Å². The second kappa shape index (κ2) is 5.41. The molecule has 0 aliphatic carbocycles. The molecule has 0 aromatic carbocycles. The van der Waals surface area contributed by atoms with Crippen molar-refractivity contribution in [3.8, 4) is 5.95 Å². The van der Waals surface area contributed by atoms with Crippen molar-refractivity contribution >= 4 is 23.5 Å². The predicted molar refractivity (Wildman–Crippen MR) is 73.4 cm³/mol. The third-order valence-corrected chi connectivity index (χ3v) is 2.83. The summed E-state index contributed by atoms with van der Waals surface area (Å²) in [4.78, 5) is 23.3. The molecule has 0 unspecified atom stereocenters. The SMILES string of the molecule is CC(C)(CNc1nc(Cl)nc(-n2cccn2)n1)C(N)=O. The van der Waals surface area contributed by atoms with Crippen molar-refractivity contribution in [3.63, 3.8) is 0 Å². The van der Waals surface area contributed by atoms with Gasteiger partial charge in [-0.05, 0) is 31.5 Å². The molecule has 2 heterocycles. The minimum absolute atomic E-state index is 0.0323. The highest BCUT2D eigenvalue weighted by Gasteiger charge is 2.25. The third kappa shape index (κ3) is 3.21. The number of aromatic nitrogens is 5. The average Bonchev–Trinajstić information content (AvgIpc) is 2.89. The van der Waals surface area contributed by atoms with E-state index >= 15 is 0 Å². The van der Waals surface area contributed by atoms with Crippen LogP contribution in [0.2, 0.25) is 5.28 Å². The first-order chi connectivity index (χ1) is 9.38. The molecule has 2 rings (SSSR count). The van der Waals surface area contributed by atoms with Gasteiger partial charge < -0.3 is 11.1 Å². The zero-order chi connectivity index (χ0) is 14.8. The molecule has 0 atom stereocenters. The number of carbonyl (C=O) groups excluding carboxylic acids is 1. The van der Waals surface area contributed by atoms with Crippen LogP contribution in [0.1, 0.15) is 13.8 Å². The number of hydrogen-bond acceptors (Lipinski definition) is 6.